The third-order valence-corrected chi connectivity index (χ3v) is 6.88. The molecule has 8 nitrogen and oxygen atoms in total. The van der Waals surface area contributed by atoms with E-state index < -0.39 is 29.4 Å². The second-order valence-corrected chi connectivity index (χ2v) is 9.44. The Hall–Kier alpha value is -4.83. The summed E-state index contributed by atoms with van der Waals surface area (Å²) in [5.74, 6) is -1.50. The van der Waals surface area contributed by atoms with Crippen molar-refractivity contribution in [1.29, 1.82) is 0 Å². The molecule has 0 N–H and O–H groups in total. The monoisotopic (exact) mass is 544 g/mol. The molecule has 0 unspecified atom stereocenters. The maximum atomic E-state index is 14.3. The number of fused-ring (bicyclic) bond motifs is 1. The first-order chi connectivity index (χ1) is 18.9. The van der Waals surface area contributed by atoms with Crippen molar-refractivity contribution in [2.24, 2.45) is 4.99 Å². The van der Waals surface area contributed by atoms with Crippen molar-refractivity contribution in [2.75, 3.05) is 6.61 Å². The number of rotatable bonds is 7. The summed E-state index contributed by atoms with van der Waals surface area (Å²) in [6.07, 6.45) is 4.26. The highest BCUT2D eigenvalue weighted by Crippen LogP contribution is 2.31. The summed E-state index contributed by atoms with van der Waals surface area (Å²) in [6, 6.07) is 14.7. The van der Waals surface area contributed by atoms with Crippen LogP contribution in [0.5, 0.6) is 5.75 Å². The normalized spacial score (nSPS) is 14.9. The van der Waals surface area contributed by atoms with Crippen molar-refractivity contribution in [1.82, 2.24) is 4.57 Å². The molecular weight excluding hydrogens is 523 g/mol. The van der Waals surface area contributed by atoms with Crippen LogP contribution in [0.25, 0.3) is 6.08 Å². The van der Waals surface area contributed by atoms with Crippen LogP contribution in [0, 0.1) is 5.82 Å². The van der Waals surface area contributed by atoms with E-state index in [4.69, 9.17) is 13.9 Å². The highest BCUT2D eigenvalue weighted by atomic mass is 32.1. The number of aromatic nitrogens is 1. The zero-order chi connectivity index (χ0) is 27.5. The Morgan fingerprint density at radius 3 is 2.59 bits per heavy atom. The van der Waals surface area contributed by atoms with Gasteiger partial charge in [0.05, 0.1) is 28.1 Å². The van der Waals surface area contributed by atoms with E-state index in [1.807, 2.05) is 0 Å². The molecule has 39 heavy (non-hydrogen) atoms. The lowest BCUT2D eigenvalue weighted by Crippen LogP contribution is -2.40. The SMILES string of the molecule is C=CCOC(=O)C1=C(C)N=c2s/c(=C/c3ccccc3F)c(=O)n2[C@H]1c1ccc(OC(=O)c2ccco2)cc1. The number of nitrogens with zero attached hydrogens (tertiary/aromatic N) is 2. The summed E-state index contributed by atoms with van der Waals surface area (Å²) >= 11 is 1.09. The number of ether oxygens (including phenoxy) is 2. The molecule has 2 aromatic carbocycles. The Balaban J connectivity index is 1.60. The van der Waals surface area contributed by atoms with E-state index in [2.05, 4.69) is 11.6 Å². The maximum Gasteiger partial charge on any atom is 0.379 e. The van der Waals surface area contributed by atoms with Gasteiger partial charge in [0.15, 0.2) is 4.80 Å². The number of benzene rings is 2. The summed E-state index contributed by atoms with van der Waals surface area (Å²) in [6.45, 7) is 5.20. The fourth-order valence-corrected chi connectivity index (χ4v) is 5.15. The molecule has 0 fully saturated rings. The fraction of sp³-hybridized carbons (Fsp3) is 0.103. The number of halogens is 1. The number of carbonyl (C=O) groups excluding carboxylic acids is 2. The Kier molecular flexibility index (Phi) is 7.20. The molecule has 0 bridgehead atoms. The van der Waals surface area contributed by atoms with Gasteiger partial charge in [-0.3, -0.25) is 9.36 Å². The molecule has 0 saturated carbocycles. The van der Waals surface area contributed by atoms with Gasteiger partial charge in [-0.2, -0.15) is 0 Å². The first kappa shape index (κ1) is 25.8. The van der Waals surface area contributed by atoms with Gasteiger partial charge in [0.25, 0.3) is 5.56 Å². The van der Waals surface area contributed by atoms with Crippen LogP contribution in [0.2, 0.25) is 0 Å². The molecule has 196 valence electrons. The lowest BCUT2D eigenvalue weighted by Gasteiger charge is -2.24. The van der Waals surface area contributed by atoms with Crippen molar-refractivity contribution < 1.29 is 27.9 Å². The molecule has 10 heteroatoms. The number of thiazole rings is 1. The van der Waals surface area contributed by atoms with Crippen LogP contribution < -0.4 is 19.6 Å². The van der Waals surface area contributed by atoms with Crippen LogP contribution in [0.1, 0.15) is 34.6 Å². The van der Waals surface area contributed by atoms with Crippen LogP contribution in [0.4, 0.5) is 4.39 Å². The van der Waals surface area contributed by atoms with E-state index in [0.717, 1.165) is 11.3 Å². The summed E-state index contributed by atoms with van der Waals surface area (Å²) in [5, 5.41) is 0. The lowest BCUT2D eigenvalue weighted by molar-refractivity contribution is -0.138. The lowest BCUT2D eigenvalue weighted by atomic mass is 9.96. The molecule has 1 atom stereocenters. The molecule has 0 aliphatic carbocycles. The molecule has 0 radical (unpaired) electrons. The van der Waals surface area contributed by atoms with Crippen molar-refractivity contribution >= 4 is 29.4 Å². The highest BCUT2D eigenvalue weighted by molar-refractivity contribution is 7.07. The maximum absolute atomic E-state index is 14.3. The second kappa shape index (κ2) is 10.9. The van der Waals surface area contributed by atoms with E-state index in [1.54, 1.807) is 55.5 Å². The van der Waals surface area contributed by atoms with Crippen molar-refractivity contribution in [2.45, 2.75) is 13.0 Å². The molecule has 0 amide bonds. The van der Waals surface area contributed by atoms with Crippen molar-refractivity contribution in [3.63, 3.8) is 0 Å². The van der Waals surface area contributed by atoms with Gasteiger partial charge in [0.1, 0.15) is 18.2 Å². The van der Waals surface area contributed by atoms with Gasteiger partial charge < -0.3 is 13.9 Å². The van der Waals surface area contributed by atoms with E-state index in [0.29, 0.717) is 16.1 Å². The molecule has 4 aromatic rings. The fourth-order valence-electron chi connectivity index (χ4n) is 4.11. The summed E-state index contributed by atoms with van der Waals surface area (Å²) in [5.41, 5.74) is 0.902. The summed E-state index contributed by atoms with van der Waals surface area (Å²) in [4.78, 5) is 43.9. The Morgan fingerprint density at radius 2 is 1.90 bits per heavy atom. The summed E-state index contributed by atoms with van der Waals surface area (Å²) in [7, 11) is 0. The third kappa shape index (κ3) is 5.14. The van der Waals surface area contributed by atoms with Crippen LogP contribution in [-0.2, 0) is 9.53 Å². The minimum Gasteiger partial charge on any atom is -0.458 e. The molecule has 1 aliphatic heterocycles. The smallest absolute Gasteiger partial charge is 0.379 e. The van der Waals surface area contributed by atoms with Crippen LogP contribution in [0.15, 0.2) is 105 Å². The number of esters is 2. The predicted octanol–water partition coefficient (Wildman–Crippen LogP) is 3.92. The van der Waals surface area contributed by atoms with Gasteiger partial charge in [0, 0.05) is 5.56 Å². The second-order valence-electron chi connectivity index (χ2n) is 8.43. The van der Waals surface area contributed by atoms with Gasteiger partial charge in [-0.1, -0.05) is 54.3 Å². The van der Waals surface area contributed by atoms with Crippen LogP contribution in [-0.4, -0.2) is 23.1 Å². The predicted molar refractivity (Wildman–Crippen MR) is 141 cm³/mol. The number of hydrogen-bond donors (Lipinski definition) is 0. The Morgan fingerprint density at radius 1 is 1.13 bits per heavy atom. The average Bonchev–Trinajstić information content (AvgIpc) is 3.57. The van der Waals surface area contributed by atoms with Gasteiger partial charge in [-0.25, -0.2) is 19.0 Å². The number of allylic oxidation sites excluding steroid dienone is 1. The van der Waals surface area contributed by atoms with Crippen molar-refractivity contribution in [3.8, 4) is 5.75 Å². The largest absolute Gasteiger partial charge is 0.458 e. The zero-order valence-corrected chi connectivity index (χ0v) is 21.4. The summed E-state index contributed by atoms with van der Waals surface area (Å²) < 4.78 is 31.7. The zero-order valence-electron chi connectivity index (χ0n) is 20.6. The van der Waals surface area contributed by atoms with Crippen molar-refractivity contribution in [3.05, 3.63) is 133 Å². The van der Waals surface area contributed by atoms with Gasteiger partial charge in [-0.15, -0.1) is 0 Å². The van der Waals surface area contributed by atoms with E-state index in [1.165, 1.54) is 35.1 Å². The number of furan rings is 1. The topological polar surface area (TPSA) is 100 Å². The minimum atomic E-state index is -0.892. The number of carbonyl (C=O) groups is 2. The Bertz CT molecular complexity index is 1780. The van der Waals surface area contributed by atoms with E-state index >= 15 is 0 Å². The first-order valence-electron chi connectivity index (χ1n) is 11.8. The standard InChI is InChI=1S/C29H21FN2O6S/c1-3-14-37-28(35)24-17(2)31-29-32(26(33)23(39-29)16-19-7-4-5-8-21(19)30)25(24)18-10-12-20(13-11-18)38-27(34)22-9-6-15-36-22/h3-13,15-16,25H,1,14H2,2H3/b23-16+/t25-/m0/s1. The van der Waals surface area contributed by atoms with Gasteiger partial charge in [0.2, 0.25) is 5.76 Å². The average molecular weight is 545 g/mol. The quantitative estimate of drug-likeness (QED) is 0.199. The van der Waals surface area contributed by atoms with Crippen LogP contribution in [0.3, 0.4) is 0 Å². The molecule has 5 rings (SSSR count). The molecule has 2 aromatic heterocycles. The van der Waals surface area contributed by atoms with E-state index in [9.17, 15) is 18.8 Å². The number of hydrogen-bond acceptors (Lipinski definition) is 8. The highest BCUT2D eigenvalue weighted by Gasteiger charge is 2.33. The molecule has 0 spiro atoms. The minimum absolute atomic E-state index is 0.0261. The molecule has 3 heterocycles. The van der Waals surface area contributed by atoms with Gasteiger partial charge >= 0.3 is 11.9 Å². The molecule has 1 aliphatic rings. The third-order valence-electron chi connectivity index (χ3n) is 5.89. The Labute approximate surface area is 225 Å². The first-order valence-corrected chi connectivity index (χ1v) is 12.6. The van der Waals surface area contributed by atoms with Crippen LogP contribution >= 0.6 is 11.3 Å². The van der Waals surface area contributed by atoms with Gasteiger partial charge in [-0.05, 0) is 48.9 Å². The van der Waals surface area contributed by atoms with E-state index in [-0.39, 0.29) is 33.8 Å². The molecule has 0 saturated heterocycles. The molecular formula is C29H21FN2O6S.